The van der Waals surface area contributed by atoms with Gasteiger partial charge in [0.25, 0.3) is 0 Å². The van der Waals surface area contributed by atoms with E-state index in [1.165, 1.54) is 93.8 Å². The van der Waals surface area contributed by atoms with Crippen LogP contribution >= 0.6 is 0 Å². The molecule has 0 amide bonds. The molecule has 0 atom stereocenters. The topological polar surface area (TPSA) is 9.86 Å². The Morgan fingerprint density at radius 3 is 1.62 bits per heavy atom. The van der Waals surface area contributed by atoms with Crippen molar-refractivity contribution in [1.82, 2.24) is 9.13 Å². The first-order valence-electron chi connectivity index (χ1n) is 18.5. The van der Waals surface area contributed by atoms with E-state index in [0.717, 1.165) is 5.69 Å². The molecule has 1 aliphatic rings. The Bertz CT molecular complexity index is 3060. The molecule has 8 aromatic carbocycles. The molecule has 0 aliphatic heterocycles. The molecule has 0 bridgehead atoms. The summed E-state index contributed by atoms with van der Waals surface area (Å²) in [6.07, 6.45) is 0. The summed E-state index contributed by atoms with van der Waals surface area (Å²) in [7, 11) is 0. The molecule has 1 aliphatic carbocycles. The van der Waals surface area contributed by atoms with E-state index < -0.39 is 0 Å². The summed E-state index contributed by atoms with van der Waals surface area (Å²) in [5, 5.41) is 5.05. The van der Waals surface area contributed by atoms with Crippen LogP contribution in [0.25, 0.3) is 88.4 Å². The van der Waals surface area contributed by atoms with Gasteiger partial charge in [-0.15, -0.1) is 0 Å². The second-order valence-electron chi connectivity index (χ2n) is 15.0. The number of fused-ring (bicyclic) bond motifs is 9. The zero-order valence-corrected chi connectivity index (χ0v) is 29.7. The van der Waals surface area contributed by atoms with Gasteiger partial charge in [0.15, 0.2) is 0 Å². The van der Waals surface area contributed by atoms with Crippen molar-refractivity contribution >= 4 is 43.6 Å². The monoisotopic (exact) mass is 676 g/mol. The van der Waals surface area contributed by atoms with Crippen molar-refractivity contribution in [3.05, 3.63) is 193 Å². The van der Waals surface area contributed by atoms with E-state index in [9.17, 15) is 0 Å². The van der Waals surface area contributed by atoms with E-state index >= 15 is 0 Å². The maximum atomic E-state index is 2.41. The molecule has 0 unspecified atom stereocenters. The second kappa shape index (κ2) is 11.2. The smallest absolute Gasteiger partial charge is 0.0547 e. The summed E-state index contributed by atoms with van der Waals surface area (Å²) in [5.74, 6) is 0. The van der Waals surface area contributed by atoms with Crippen molar-refractivity contribution in [2.24, 2.45) is 0 Å². The summed E-state index contributed by atoms with van der Waals surface area (Å²) >= 11 is 0. The fraction of sp³-hybridized carbons (Fsp3) is 0.0588. The van der Waals surface area contributed by atoms with E-state index in [2.05, 4.69) is 205 Å². The van der Waals surface area contributed by atoms with E-state index in [1.54, 1.807) is 0 Å². The Morgan fingerprint density at radius 2 is 0.830 bits per heavy atom. The van der Waals surface area contributed by atoms with Crippen molar-refractivity contribution in [2.75, 3.05) is 0 Å². The molecule has 0 radical (unpaired) electrons. The van der Waals surface area contributed by atoms with E-state index in [4.69, 9.17) is 0 Å². The number of benzene rings is 8. The molecular weight excluding hydrogens is 641 g/mol. The van der Waals surface area contributed by atoms with Gasteiger partial charge in [-0.3, -0.25) is 0 Å². The van der Waals surface area contributed by atoms with Gasteiger partial charge in [0.05, 0.1) is 22.1 Å². The lowest BCUT2D eigenvalue weighted by Crippen LogP contribution is -2.14. The van der Waals surface area contributed by atoms with Crippen molar-refractivity contribution in [3.8, 4) is 44.8 Å². The molecular formula is C51H36N2. The average Bonchev–Trinajstić information content (AvgIpc) is 3.81. The molecule has 53 heavy (non-hydrogen) atoms. The maximum absolute atomic E-state index is 2.41. The van der Waals surface area contributed by atoms with Crippen molar-refractivity contribution < 1.29 is 0 Å². The molecule has 10 aromatic rings. The lowest BCUT2D eigenvalue weighted by atomic mass is 9.81. The van der Waals surface area contributed by atoms with Crippen LogP contribution in [-0.2, 0) is 5.41 Å². The van der Waals surface area contributed by atoms with E-state index in [1.807, 2.05) is 0 Å². The van der Waals surface area contributed by atoms with Crippen molar-refractivity contribution in [1.29, 1.82) is 0 Å². The van der Waals surface area contributed by atoms with Crippen LogP contribution in [0.1, 0.15) is 25.0 Å². The third-order valence-corrected chi connectivity index (χ3v) is 11.7. The number of rotatable bonds is 4. The zero-order chi connectivity index (χ0) is 35.3. The Hall–Kier alpha value is -6.64. The zero-order valence-electron chi connectivity index (χ0n) is 29.7. The largest absolute Gasteiger partial charge is 0.309 e. The second-order valence-corrected chi connectivity index (χ2v) is 15.0. The Labute approximate surface area is 308 Å². The number of aromatic nitrogens is 2. The number of hydrogen-bond acceptors (Lipinski definition) is 0. The van der Waals surface area contributed by atoms with Gasteiger partial charge in [-0.1, -0.05) is 135 Å². The quantitative estimate of drug-likeness (QED) is 0.176. The lowest BCUT2D eigenvalue weighted by molar-refractivity contribution is 0.660. The molecule has 0 saturated carbocycles. The summed E-state index contributed by atoms with van der Waals surface area (Å²) in [5.41, 5.74) is 17.6. The van der Waals surface area contributed by atoms with Crippen LogP contribution in [0.4, 0.5) is 0 Å². The number of para-hydroxylation sites is 3. The standard InChI is InChI=1S/C51H36N2/c1-51(2)45-17-9-6-14-39(45)40-27-22-35(31-46(40)51)33-20-25-38(26-21-33)52-48-19-11-8-16-42(48)44-30-34(24-29-49(44)52)36-23-28-43-41-15-7-10-18-47(41)53(50(43)32-36)37-12-4-3-5-13-37/h3-32H,1-2H3. The van der Waals surface area contributed by atoms with E-state index in [0.29, 0.717) is 0 Å². The van der Waals surface area contributed by atoms with Gasteiger partial charge in [-0.25, -0.2) is 0 Å². The maximum Gasteiger partial charge on any atom is 0.0547 e. The highest BCUT2D eigenvalue weighted by Gasteiger charge is 2.35. The molecule has 0 spiro atoms. The van der Waals surface area contributed by atoms with Crippen LogP contribution in [0.2, 0.25) is 0 Å². The van der Waals surface area contributed by atoms with Gasteiger partial charge in [0.1, 0.15) is 0 Å². The van der Waals surface area contributed by atoms with Crippen molar-refractivity contribution in [2.45, 2.75) is 19.3 Å². The fourth-order valence-corrected chi connectivity index (χ4v) is 9.12. The van der Waals surface area contributed by atoms with Gasteiger partial charge in [-0.05, 0) is 105 Å². The summed E-state index contributed by atoms with van der Waals surface area (Å²) in [4.78, 5) is 0. The van der Waals surface area contributed by atoms with Crippen LogP contribution < -0.4 is 0 Å². The fourth-order valence-electron chi connectivity index (χ4n) is 9.12. The summed E-state index contributed by atoms with van der Waals surface area (Å²) in [6.45, 7) is 4.70. The van der Waals surface area contributed by atoms with Crippen molar-refractivity contribution in [3.63, 3.8) is 0 Å². The predicted octanol–water partition coefficient (Wildman–Crippen LogP) is 13.5. The van der Waals surface area contributed by atoms with Gasteiger partial charge in [0, 0.05) is 38.3 Å². The number of nitrogens with zero attached hydrogens (tertiary/aromatic N) is 2. The molecule has 2 aromatic heterocycles. The first kappa shape index (κ1) is 30.0. The van der Waals surface area contributed by atoms with Gasteiger partial charge in [-0.2, -0.15) is 0 Å². The molecule has 0 fully saturated rings. The van der Waals surface area contributed by atoms with Crippen LogP contribution in [0.15, 0.2) is 182 Å². The van der Waals surface area contributed by atoms with Crippen LogP contribution in [-0.4, -0.2) is 9.13 Å². The molecule has 2 heterocycles. The Kier molecular flexibility index (Phi) is 6.33. The normalized spacial score (nSPS) is 13.2. The van der Waals surface area contributed by atoms with Crippen LogP contribution in [0.5, 0.6) is 0 Å². The number of hydrogen-bond donors (Lipinski definition) is 0. The summed E-state index contributed by atoms with van der Waals surface area (Å²) in [6, 6.07) is 67.1. The third kappa shape index (κ3) is 4.39. The molecule has 2 nitrogen and oxygen atoms in total. The Morgan fingerprint density at radius 1 is 0.321 bits per heavy atom. The van der Waals surface area contributed by atoms with Gasteiger partial charge in [0.2, 0.25) is 0 Å². The van der Waals surface area contributed by atoms with Gasteiger partial charge < -0.3 is 9.13 Å². The molecule has 11 rings (SSSR count). The summed E-state index contributed by atoms with van der Waals surface area (Å²) < 4.78 is 4.81. The Balaban J connectivity index is 1.01. The third-order valence-electron chi connectivity index (χ3n) is 11.7. The molecule has 2 heteroatoms. The highest BCUT2D eigenvalue weighted by atomic mass is 15.0. The highest BCUT2D eigenvalue weighted by molar-refractivity contribution is 6.12. The lowest BCUT2D eigenvalue weighted by Gasteiger charge is -2.22. The molecule has 0 N–H and O–H groups in total. The highest BCUT2D eigenvalue weighted by Crippen LogP contribution is 2.49. The minimum atomic E-state index is -0.0181. The molecule has 0 saturated heterocycles. The predicted molar refractivity (Wildman–Crippen MR) is 224 cm³/mol. The van der Waals surface area contributed by atoms with E-state index in [-0.39, 0.29) is 5.41 Å². The average molecular weight is 677 g/mol. The minimum absolute atomic E-state index is 0.0181. The van der Waals surface area contributed by atoms with Gasteiger partial charge >= 0.3 is 0 Å². The minimum Gasteiger partial charge on any atom is -0.309 e. The molecule has 250 valence electrons. The first-order chi connectivity index (χ1) is 26.0. The SMILES string of the molecule is CC1(C)c2ccccc2-c2ccc(-c3ccc(-n4c5ccccc5c5cc(-c6ccc7c8ccccc8n(-c8ccccc8)c7c6)ccc54)cc3)cc21. The van der Waals surface area contributed by atoms with Crippen LogP contribution in [0.3, 0.4) is 0 Å². The van der Waals surface area contributed by atoms with Crippen LogP contribution in [0, 0.1) is 0 Å². The first-order valence-corrected chi connectivity index (χ1v) is 18.5.